The summed E-state index contributed by atoms with van der Waals surface area (Å²) in [6.07, 6.45) is 5.31. The zero-order valence-electron chi connectivity index (χ0n) is 11.6. The first-order chi connectivity index (χ1) is 9.50. The molecular weight excluding hydrogens is 260 g/mol. The second-order valence-electron chi connectivity index (χ2n) is 4.58. The highest BCUT2D eigenvalue weighted by Gasteiger charge is 2.34. The molecule has 0 fully saturated rings. The third-order valence-corrected chi connectivity index (χ3v) is 3.20. The first kappa shape index (κ1) is 14.0. The summed E-state index contributed by atoms with van der Waals surface area (Å²) < 4.78 is 6.35. The number of imidazole rings is 1. The first-order valence-electron chi connectivity index (χ1n) is 6.21. The number of esters is 1. The topological polar surface area (TPSA) is 85.6 Å². The number of nitrogens with zero attached hydrogens (tertiary/aromatic N) is 3. The van der Waals surface area contributed by atoms with Crippen molar-refractivity contribution in [1.82, 2.24) is 19.7 Å². The summed E-state index contributed by atoms with van der Waals surface area (Å²) in [6.45, 7) is 3.41. The number of methoxy groups -OCH3 is 1. The van der Waals surface area contributed by atoms with Gasteiger partial charge in [0.15, 0.2) is 0 Å². The van der Waals surface area contributed by atoms with Gasteiger partial charge in [0.1, 0.15) is 11.2 Å². The average Bonchev–Trinajstić information content (AvgIpc) is 2.90. The van der Waals surface area contributed by atoms with Gasteiger partial charge in [-0.25, -0.2) is 14.8 Å². The summed E-state index contributed by atoms with van der Waals surface area (Å²) in [4.78, 5) is 32.1. The number of carbonyl (C=O) groups excluding carboxylic acids is 2. The number of carbonyl (C=O) groups is 2. The van der Waals surface area contributed by atoms with Crippen molar-refractivity contribution in [2.45, 2.75) is 25.8 Å². The monoisotopic (exact) mass is 276 g/mol. The molecule has 1 atom stereocenters. The molecule has 0 aromatic carbocycles. The standard InChI is InChI=1S/C13H16N4O3/c1-4-13(2,11(19)20-3)16-10(18)9-8-17-7-5-6-14-12(17)15-9/h5-8H,4H2,1-3H3,(H,16,18)/t13-/m1/s1. The Hall–Kier alpha value is -2.44. The fraction of sp³-hybridized carbons (Fsp3) is 0.385. The van der Waals surface area contributed by atoms with Gasteiger partial charge in [-0.2, -0.15) is 0 Å². The minimum absolute atomic E-state index is 0.201. The van der Waals surface area contributed by atoms with Crippen LogP contribution in [0.15, 0.2) is 24.7 Å². The molecule has 0 aliphatic rings. The second-order valence-corrected chi connectivity index (χ2v) is 4.58. The number of hydrogen-bond acceptors (Lipinski definition) is 5. The SMILES string of the molecule is CC[C@@](C)(NC(=O)c1cn2cccnc2n1)C(=O)OC. The lowest BCUT2D eigenvalue weighted by molar-refractivity contribution is -0.147. The molecule has 0 saturated carbocycles. The van der Waals surface area contributed by atoms with Crippen LogP contribution >= 0.6 is 0 Å². The smallest absolute Gasteiger partial charge is 0.331 e. The maximum absolute atomic E-state index is 12.2. The van der Waals surface area contributed by atoms with E-state index >= 15 is 0 Å². The highest BCUT2D eigenvalue weighted by Crippen LogP contribution is 2.13. The van der Waals surface area contributed by atoms with Crippen LogP contribution < -0.4 is 5.32 Å². The third kappa shape index (κ3) is 2.47. The van der Waals surface area contributed by atoms with Crippen LogP contribution in [0.4, 0.5) is 0 Å². The van der Waals surface area contributed by atoms with Crippen molar-refractivity contribution in [1.29, 1.82) is 0 Å². The summed E-state index contributed by atoms with van der Waals surface area (Å²) in [5.41, 5.74) is -0.873. The molecule has 2 rings (SSSR count). The molecule has 20 heavy (non-hydrogen) atoms. The van der Waals surface area contributed by atoms with Gasteiger partial charge >= 0.3 is 5.97 Å². The number of fused-ring (bicyclic) bond motifs is 1. The van der Waals surface area contributed by atoms with Crippen LogP contribution in [0.5, 0.6) is 0 Å². The van der Waals surface area contributed by atoms with Gasteiger partial charge in [-0.05, 0) is 19.4 Å². The Morgan fingerprint density at radius 2 is 2.25 bits per heavy atom. The van der Waals surface area contributed by atoms with E-state index in [0.717, 1.165) is 0 Å². The van der Waals surface area contributed by atoms with Gasteiger partial charge in [0.2, 0.25) is 5.78 Å². The fourth-order valence-electron chi connectivity index (χ4n) is 1.76. The lowest BCUT2D eigenvalue weighted by Gasteiger charge is -2.25. The Kier molecular flexibility index (Phi) is 3.69. The van der Waals surface area contributed by atoms with Gasteiger partial charge in [-0.1, -0.05) is 6.92 Å². The quantitative estimate of drug-likeness (QED) is 0.835. The van der Waals surface area contributed by atoms with Crippen molar-refractivity contribution in [2.24, 2.45) is 0 Å². The highest BCUT2D eigenvalue weighted by molar-refractivity contribution is 5.96. The van der Waals surface area contributed by atoms with E-state index in [1.165, 1.54) is 7.11 Å². The molecule has 7 heteroatoms. The van der Waals surface area contributed by atoms with Crippen molar-refractivity contribution < 1.29 is 14.3 Å². The normalized spacial score (nSPS) is 13.8. The zero-order valence-corrected chi connectivity index (χ0v) is 11.6. The number of rotatable bonds is 4. The van der Waals surface area contributed by atoms with Crippen LogP contribution in [0, 0.1) is 0 Å². The molecule has 2 aromatic rings. The molecule has 0 bridgehead atoms. The van der Waals surface area contributed by atoms with E-state index in [1.807, 2.05) is 0 Å². The lowest BCUT2D eigenvalue weighted by Crippen LogP contribution is -2.52. The minimum atomic E-state index is -1.07. The molecule has 2 heterocycles. The molecule has 0 spiro atoms. The molecular formula is C13H16N4O3. The van der Waals surface area contributed by atoms with Crippen LogP contribution in [0.3, 0.4) is 0 Å². The van der Waals surface area contributed by atoms with Crippen molar-refractivity contribution in [3.8, 4) is 0 Å². The Morgan fingerprint density at radius 3 is 2.85 bits per heavy atom. The van der Waals surface area contributed by atoms with Gasteiger partial charge in [0.05, 0.1) is 7.11 Å². The maximum Gasteiger partial charge on any atom is 0.331 e. The summed E-state index contributed by atoms with van der Waals surface area (Å²) in [5.74, 6) is -0.505. The van der Waals surface area contributed by atoms with Crippen LogP contribution in [-0.4, -0.2) is 38.9 Å². The van der Waals surface area contributed by atoms with E-state index in [4.69, 9.17) is 4.74 Å². The van der Waals surface area contributed by atoms with Crippen molar-refractivity contribution in [3.63, 3.8) is 0 Å². The largest absolute Gasteiger partial charge is 0.467 e. The molecule has 0 saturated heterocycles. The van der Waals surface area contributed by atoms with E-state index in [0.29, 0.717) is 12.2 Å². The van der Waals surface area contributed by atoms with Crippen molar-refractivity contribution in [2.75, 3.05) is 7.11 Å². The predicted octanol–water partition coefficient (Wildman–Crippen LogP) is 0.801. The Morgan fingerprint density at radius 1 is 1.50 bits per heavy atom. The van der Waals surface area contributed by atoms with Gasteiger partial charge in [-0.3, -0.25) is 9.20 Å². The van der Waals surface area contributed by atoms with E-state index in [2.05, 4.69) is 15.3 Å². The third-order valence-electron chi connectivity index (χ3n) is 3.20. The molecule has 0 unspecified atom stereocenters. The predicted molar refractivity (Wildman–Crippen MR) is 71.2 cm³/mol. The Bertz CT molecular complexity index is 619. The van der Waals surface area contributed by atoms with Gasteiger partial charge in [0.25, 0.3) is 5.91 Å². The molecule has 7 nitrogen and oxygen atoms in total. The van der Waals surface area contributed by atoms with Crippen LogP contribution in [0.25, 0.3) is 5.78 Å². The molecule has 0 aliphatic carbocycles. The summed E-state index contributed by atoms with van der Waals surface area (Å²) >= 11 is 0. The Balaban J connectivity index is 2.25. The van der Waals surface area contributed by atoms with E-state index < -0.39 is 17.4 Å². The molecule has 1 amide bonds. The molecule has 1 N–H and O–H groups in total. The molecule has 106 valence electrons. The van der Waals surface area contributed by atoms with E-state index in [1.54, 1.807) is 42.9 Å². The van der Waals surface area contributed by atoms with Crippen molar-refractivity contribution >= 4 is 17.7 Å². The average molecular weight is 276 g/mol. The van der Waals surface area contributed by atoms with Crippen molar-refractivity contribution in [3.05, 3.63) is 30.4 Å². The summed E-state index contributed by atoms with van der Waals surface area (Å²) in [7, 11) is 1.29. The summed E-state index contributed by atoms with van der Waals surface area (Å²) in [5, 5.41) is 2.65. The first-order valence-corrected chi connectivity index (χ1v) is 6.21. The summed E-state index contributed by atoms with van der Waals surface area (Å²) in [6, 6.07) is 1.74. The van der Waals surface area contributed by atoms with E-state index in [9.17, 15) is 9.59 Å². The maximum atomic E-state index is 12.2. The number of aromatic nitrogens is 3. The number of hydrogen-bond donors (Lipinski definition) is 1. The number of amides is 1. The molecule has 2 aromatic heterocycles. The second kappa shape index (κ2) is 5.28. The van der Waals surface area contributed by atoms with Crippen LogP contribution in [-0.2, 0) is 9.53 Å². The lowest BCUT2D eigenvalue weighted by atomic mass is 9.99. The van der Waals surface area contributed by atoms with Gasteiger partial charge in [-0.15, -0.1) is 0 Å². The zero-order chi connectivity index (χ0) is 14.8. The fourth-order valence-corrected chi connectivity index (χ4v) is 1.76. The molecule has 0 aliphatic heterocycles. The minimum Gasteiger partial charge on any atom is -0.467 e. The number of ether oxygens (including phenoxy) is 1. The van der Waals surface area contributed by atoms with Crippen LogP contribution in [0.2, 0.25) is 0 Å². The Labute approximate surface area is 116 Å². The van der Waals surface area contributed by atoms with E-state index in [-0.39, 0.29) is 5.69 Å². The van der Waals surface area contributed by atoms with Gasteiger partial charge in [0, 0.05) is 18.6 Å². The van der Waals surface area contributed by atoms with Crippen LogP contribution in [0.1, 0.15) is 30.8 Å². The van der Waals surface area contributed by atoms with Gasteiger partial charge < -0.3 is 10.1 Å². The number of nitrogens with one attached hydrogen (secondary N) is 1. The molecule has 0 radical (unpaired) electrons. The highest BCUT2D eigenvalue weighted by atomic mass is 16.5.